The molecule has 1 rings (SSSR count). The molecule has 0 radical (unpaired) electrons. The molecule has 20 heavy (non-hydrogen) atoms. The Hall–Kier alpha value is -2.03. The number of carbonyl (C=O) groups is 1. The summed E-state index contributed by atoms with van der Waals surface area (Å²) in [5.41, 5.74) is -0.0767. The van der Waals surface area contributed by atoms with E-state index < -0.39 is 24.9 Å². The van der Waals surface area contributed by atoms with Gasteiger partial charge in [0.1, 0.15) is 5.75 Å². The Balaban J connectivity index is 2.94. The number of benzene rings is 1. The third-order valence-corrected chi connectivity index (χ3v) is 2.01. The van der Waals surface area contributed by atoms with Crippen molar-refractivity contribution >= 4 is 11.6 Å². The molecule has 1 amide bonds. The van der Waals surface area contributed by atoms with Crippen molar-refractivity contribution in [2.75, 3.05) is 18.9 Å². The normalized spacial score (nSPS) is 10.8. The highest BCUT2D eigenvalue weighted by Gasteiger charge is 2.14. The van der Waals surface area contributed by atoms with Crippen molar-refractivity contribution in [1.29, 1.82) is 0 Å². The second-order valence-corrected chi connectivity index (χ2v) is 3.49. The van der Waals surface area contributed by atoms with Crippen molar-refractivity contribution in [1.82, 2.24) is 5.32 Å². The van der Waals surface area contributed by atoms with E-state index in [2.05, 4.69) is 20.1 Å². The van der Waals surface area contributed by atoms with Crippen LogP contribution in [0.5, 0.6) is 11.5 Å². The van der Waals surface area contributed by atoms with Crippen LogP contribution in [0, 0.1) is 0 Å². The van der Waals surface area contributed by atoms with E-state index in [1.807, 2.05) is 0 Å². The molecule has 0 saturated heterocycles. The minimum absolute atomic E-state index is 0.0522. The number of ether oxygens (including phenoxy) is 2. The Bertz CT molecular complexity index is 457. The second kappa shape index (κ2) is 7.53. The number of anilines is 1. The van der Waals surface area contributed by atoms with Crippen LogP contribution in [-0.4, -0.2) is 32.7 Å². The van der Waals surface area contributed by atoms with Gasteiger partial charge < -0.3 is 20.1 Å². The van der Waals surface area contributed by atoms with Crippen LogP contribution < -0.4 is 20.1 Å². The molecule has 0 aliphatic heterocycles. The molecule has 0 aliphatic carbocycles. The van der Waals surface area contributed by atoms with Crippen molar-refractivity contribution in [2.45, 2.75) is 13.2 Å². The predicted octanol–water partition coefficient (Wildman–Crippen LogP) is 2.05. The molecule has 0 unspecified atom stereocenters. The maximum Gasteiger partial charge on any atom is 0.387 e. The van der Waals surface area contributed by atoms with Gasteiger partial charge in [-0.1, -0.05) is 0 Å². The molecule has 0 fully saturated rings. The van der Waals surface area contributed by atoms with E-state index in [0.717, 1.165) is 18.2 Å². The third kappa shape index (κ3) is 5.31. The summed E-state index contributed by atoms with van der Waals surface area (Å²) in [5, 5.41) is 4.86. The number of rotatable bonds is 7. The molecular formula is C11H12F4N2O3. The van der Waals surface area contributed by atoms with Crippen LogP contribution in [0.4, 0.5) is 23.2 Å². The lowest BCUT2D eigenvalue weighted by molar-refractivity contribution is -0.115. The molecular weight excluding hydrogens is 284 g/mol. The topological polar surface area (TPSA) is 59.6 Å². The first-order chi connectivity index (χ1) is 9.42. The molecule has 0 aliphatic rings. The molecule has 0 atom stereocenters. The van der Waals surface area contributed by atoms with Gasteiger partial charge in [0.15, 0.2) is 5.75 Å². The number of alkyl halides is 4. The van der Waals surface area contributed by atoms with Crippen LogP contribution in [0.2, 0.25) is 0 Å². The molecule has 1 aromatic rings. The average molecular weight is 296 g/mol. The van der Waals surface area contributed by atoms with Gasteiger partial charge in [-0.2, -0.15) is 17.6 Å². The number of hydrogen-bond donors (Lipinski definition) is 2. The molecule has 0 saturated carbocycles. The van der Waals surface area contributed by atoms with Gasteiger partial charge >= 0.3 is 13.2 Å². The predicted molar refractivity (Wildman–Crippen MR) is 62.3 cm³/mol. The van der Waals surface area contributed by atoms with Crippen molar-refractivity contribution in [2.24, 2.45) is 0 Å². The largest absolute Gasteiger partial charge is 0.435 e. The van der Waals surface area contributed by atoms with Gasteiger partial charge in [0.05, 0.1) is 12.2 Å². The maximum atomic E-state index is 12.2. The number of carbonyl (C=O) groups excluding carboxylic acids is 1. The first kappa shape index (κ1) is 16.0. The lowest BCUT2D eigenvalue weighted by atomic mass is 10.2. The van der Waals surface area contributed by atoms with E-state index in [1.165, 1.54) is 7.05 Å². The molecule has 0 aromatic heterocycles. The summed E-state index contributed by atoms with van der Waals surface area (Å²) < 4.78 is 56.8. The highest BCUT2D eigenvalue weighted by Crippen LogP contribution is 2.31. The van der Waals surface area contributed by atoms with Crippen LogP contribution in [0.1, 0.15) is 0 Å². The Labute approximate surface area is 111 Å². The zero-order valence-corrected chi connectivity index (χ0v) is 10.3. The minimum atomic E-state index is -3.17. The van der Waals surface area contributed by atoms with Gasteiger partial charge in [-0.05, 0) is 19.2 Å². The van der Waals surface area contributed by atoms with E-state index in [9.17, 15) is 22.4 Å². The van der Waals surface area contributed by atoms with Crippen LogP contribution in [0.15, 0.2) is 18.2 Å². The van der Waals surface area contributed by atoms with E-state index in [0.29, 0.717) is 0 Å². The fourth-order valence-electron chi connectivity index (χ4n) is 1.33. The summed E-state index contributed by atoms with van der Waals surface area (Å²) in [6.07, 6.45) is 0. The van der Waals surface area contributed by atoms with Crippen molar-refractivity contribution in [3.8, 4) is 11.5 Å². The van der Waals surface area contributed by atoms with Crippen LogP contribution in [0.3, 0.4) is 0 Å². The molecule has 112 valence electrons. The lowest BCUT2D eigenvalue weighted by Gasteiger charge is -2.13. The van der Waals surface area contributed by atoms with E-state index in [1.54, 1.807) is 0 Å². The summed E-state index contributed by atoms with van der Waals surface area (Å²) in [6.45, 7) is -6.32. The second-order valence-electron chi connectivity index (χ2n) is 3.49. The van der Waals surface area contributed by atoms with Gasteiger partial charge in [0.25, 0.3) is 0 Å². The number of nitrogens with one attached hydrogen (secondary N) is 2. The van der Waals surface area contributed by atoms with Crippen LogP contribution >= 0.6 is 0 Å². The molecule has 0 bridgehead atoms. The van der Waals surface area contributed by atoms with Crippen molar-refractivity contribution in [3.05, 3.63) is 18.2 Å². The molecule has 9 heteroatoms. The highest BCUT2D eigenvalue weighted by atomic mass is 19.3. The fraction of sp³-hybridized carbons (Fsp3) is 0.364. The summed E-state index contributed by atoms with van der Waals surface area (Å²) in [7, 11) is 1.52. The van der Waals surface area contributed by atoms with Crippen LogP contribution in [-0.2, 0) is 4.79 Å². The lowest BCUT2D eigenvalue weighted by Crippen LogP contribution is -2.25. The van der Waals surface area contributed by atoms with Gasteiger partial charge in [0, 0.05) is 6.07 Å². The van der Waals surface area contributed by atoms with Crippen LogP contribution in [0.25, 0.3) is 0 Å². The van der Waals surface area contributed by atoms with E-state index in [-0.39, 0.29) is 18.0 Å². The van der Waals surface area contributed by atoms with Crippen molar-refractivity contribution < 1.29 is 31.8 Å². The number of amides is 1. The monoisotopic (exact) mass is 296 g/mol. The summed E-state index contributed by atoms with van der Waals surface area (Å²) in [4.78, 5) is 11.3. The Morgan fingerprint density at radius 3 is 2.40 bits per heavy atom. The average Bonchev–Trinajstić information content (AvgIpc) is 2.31. The van der Waals surface area contributed by atoms with Gasteiger partial charge in [-0.15, -0.1) is 0 Å². The first-order valence-electron chi connectivity index (χ1n) is 5.40. The summed E-state index contributed by atoms with van der Waals surface area (Å²) in [5.74, 6) is -1.33. The number of halogens is 4. The highest BCUT2D eigenvalue weighted by molar-refractivity contribution is 5.93. The smallest absolute Gasteiger partial charge is 0.387 e. The minimum Gasteiger partial charge on any atom is -0.435 e. The number of hydrogen-bond acceptors (Lipinski definition) is 4. The molecule has 5 nitrogen and oxygen atoms in total. The molecule has 0 heterocycles. The summed E-state index contributed by atoms with van der Waals surface area (Å²) >= 11 is 0. The Morgan fingerprint density at radius 2 is 1.85 bits per heavy atom. The SMILES string of the molecule is CNCC(=O)Nc1ccc(OC(F)F)cc1OC(F)F. The van der Waals surface area contributed by atoms with Gasteiger partial charge in [0.2, 0.25) is 5.91 Å². The van der Waals surface area contributed by atoms with Gasteiger partial charge in [-0.3, -0.25) is 4.79 Å². The zero-order valence-electron chi connectivity index (χ0n) is 10.3. The molecule has 2 N–H and O–H groups in total. The third-order valence-electron chi connectivity index (χ3n) is 2.01. The van der Waals surface area contributed by atoms with E-state index in [4.69, 9.17) is 0 Å². The number of likely N-dealkylation sites (N-methyl/N-ethyl adjacent to an activating group) is 1. The zero-order chi connectivity index (χ0) is 15.1. The molecule has 0 spiro atoms. The first-order valence-corrected chi connectivity index (χ1v) is 5.40. The van der Waals surface area contributed by atoms with E-state index >= 15 is 0 Å². The summed E-state index contributed by atoms with van der Waals surface area (Å²) in [6, 6.07) is 3.07. The van der Waals surface area contributed by atoms with Crippen molar-refractivity contribution in [3.63, 3.8) is 0 Å². The fourth-order valence-corrected chi connectivity index (χ4v) is 1.33. The Kier molecular flexibility index (Phi) is 6.04. The van der Waals surface area contributed by atoms with Gasteiger partial charge in [-0.25, -0.2) is 0 Å². The molecule has 1 aromatic carbocycles. The quantitative estimate of drug-likeness (QED) is 0.756. The maximum absolute atomic E-state index is 12.2. The standard InChI is InChI=1S/C11H12F4N2O3/c1-16-5-9(18)17-7-3-2-6(19-10(12)13)4-8(7)20-11(14)15/h2-4,10-11,16H,5H2,1H3,(H,17,18). The Morgan fingerprint density at radius 1 is 1.20 bits per heavy atom.